The number of ether oxygens (including phenoxy) is 1. The van der Waals surface area contributed by atoms with E-state index in [-0.39, 0.29) is 11.6 Å². The van der Waals surface area contributed by atoms with Gasteiger partial charge in [-0.2, -0.15) is 5.10 Å². The highest BCUT2D eigenvalue weighted by Gasteiger charge is 2.29. The summed E-state index contributed by atoms with van der Waals surface area (Å²) in [5.74, 6) is -0.749. The van der Waals surface area contributed by atoms with Gasteiger partial charge in [-0.05, 0) is 43.0 Å². The Morgan fingerprint density at radius 3 is 2.61 bits per heavy atom. The van der Waals surface area contributed by atoms with Crippen molar-refractivity contribution in [1.82, 2.24) is 9.78 Å². The average Bonchev–Trinajstić information content (AvgIpc) is 3.18. The van der Waals surface area contributed by atoms with Gasteiger partial charge < -0.3 is 9.64 Å². The van der Waals surface area contributed by atoms with Crippen LogP contribution >= 0.6 is 0 Å². The molecule has 6 heteroatoms. The van der Waals surface area contributed by atoms with Crippen LogP contribution in [0.25, 0.3) is 5.69 Å². The Bertz CT molecular complexity index is 1040. The lowest BCUT2D eigenvalue weighted by Crippen LogP contribution is -2.37. The fraction of sp³-hybridized carbons (Fsp3) is 0.227. The van der Waals surface area contributed by atoms with Crippen LogP contribution in [0.3, 0.4) is 0 Å². The summed E-state index contributed by atoms with van der Waals surface area (Å²) in [7, 11) is 1.30. The Morgan fingerprint density at radius 2 is 1.86 bits per heavy atom. The number of aryl methyl sites for hydroxylation is 2. The van der Waals surface area contributed by atoms with Crippen molar-refractivity contribution in [2.75, 3.05) is 18.6 Å². The molecule has 0 N–H and O–H groups in total. The van der Waals surface area contributed by atoms with E-state index in [4.69, 9.17) is 4.74 Å². The first kappa shape index (κ1) is 18.0. The molecule has 4 rings (SSSR count). The van der Waals surface area contributed by atoms with E-state index < -0.39 is 5.97 Å². The Labute approximate surface area is 163 Å². The second kappa shape index (κ2) is 7.31. The third kappa shape index (κ3) is 3.07. The fourth-order valence-electron chi connectivity index (χ4n) is 3.69. The number of methoxy groups -OCH3 is 1. The highest BCUT2D eigenvalue weighted by Crippen LogP contribution is 2.32. The first-order chi connectivity index (χ1) is 13.6. The van der Waals surface area contributed by atoms with Gasteiger partial charge >= 0.3 is 5.97 Å². The third-order valence-electron chi connectivity index (χ3n) is 4.99. The lowest BCUT2D eigenvalue weighted by molar-refractivity contribution is 0.0593. The number of amides is 1. The number of fused-ring (bicyclic) bond motifs is 1. The van der Waals surface area contributed by atoms with Crippen molar-refractivity contribution in [1.29, 1.82) is 0 Å². The summed E-state index contributed by atoms with van der Waals surface area (Å²) in [4.78, 5) is 27.4. The monoisotopic (exact) mass is 375 g/mol. The molecule has 28 heavy (non-hydrogen) atoms. The molecule has 0 radical (unpaired) electrons. The number of para-hydroxylation sites is 2. The van der Waals surface area contributed by atoms with E-state index in [2.05, 4.69) is 11.2 Å². The maximum absolute atomic E-state index is 13.5. The van der Waals surface area contributed by atoms with Crippen molar-refractivity contribution in [2.24, 2.45) is 0 Å². The summed E-state index contributed by atoms with van der Waals surface area (Å²) in [5.41, 5.74) is 4.34. The number of carbonyl (C=O) groups is 2. The van der Waals surface area contributed by atoms with Gasteiger partial charge in [0.05, 0.1) is 18.5 Å². The number of aromatic nitrogens is 2. The minimum absolute atomic E-state index is 0.108. The first-order valence-electron chi connectivity index (χ1n) is 9.24. The summed E-state index contributed by atoms with van der Waals surface area (Å²) in [5, 5.41) is 4.34. The summed E-state index contributed by atoms with van der Waals surface area (Å²) < 4.78 is 6.32. The van der Waals surface area contributed by atoms with E-state index in [0.29, 0.717) is 17.9 Å². The fourth-order valence-corrected chi connectivity index (χ4v) is 3.69. The number of benzene rings is 2. The van der Waals surface area contributed by atoms with E-state index in [9.17, 15) is 9.59 Å². The number of carbonyl (C=O) groups excluding carboxylic acids is 2. The van der Waals surface area contributed by atoms with Gasteiger partial charge in [0, 0.05) is 12.6 Å². The molecule has 1 aromatic heterocycles. The van der Waals surface area contributed by atoms with Crippen LogP contribution in [0.4, 0.5) is 5.69 Å². The van der Waals surface area contributed by atoms with Gasteiger partial charge in [-0.25, -0.2) is 9.48 Å². The lowest BCUT2D eigenvalue weighted by atomic mass is 9.98. The molecule has 0 unspecified atom stereocenters. The molecular formula is C22H21N3O3. The molecule has 142 valence electrons. The molecule has 0 bridgehead atoms. The first-order valence-corrected chi connectivity index (χ1v) is 9.24. The van der Waals surface area contributed by atoms with Crippen molar-refractivity contribution in [3.63, 3.8) is 0 Å². The van der Waals surface area contributed by atoms with Crippen molar-refractivity contribution in [3.05, 3.63) is 77.1 Å². The Kier molecular flexibility index (Phi) is 4.69. The van der Waals surface area contributed by atoms with Gasteiger partial charge in [-0.15, -0.1) is 0 Å². The molecule has 3 aromatic rings. The molecule has 0 fully saturated rings. The molecular weight excluding hydrogens is 354 g/mol. The summed E-state index contributed by atoms with van der Waals surface area (Å²) in [6.45, 7) is 2.64. The van der Waals surface area contributed by atoms with Crippen molar-refractivity contribution in [3.8, 4) is 5.69 Å². The largest absolute Gasteiger partial charge is 0.464 e. The van der Waals surface area contributed by atoms with Crippen LogP contribution in [0, 0.1) is 6.92 Å². The van der Waals surface area contributed by atoms with E-state index in [0.717, 1.165) is 24.1 Å². The topological polar surface area (TPSA) is 64.4 Å². The van der Waals surface area contributed by atoms with Crippen molar-refractivity contribution in [2.45, 2.75) is 19.8 Å². The molecule has 1 aliphatic heterocycles. The normalized spacial score (nSPS) is 13.1. The zero-order valence-corrected chi connectivity index (χ0v) is 15.9. The maximum Gasteiger partial charge on any atom is 0.358 e. The molecule has 0 saturated heterocycles. The Morgan fingerprint density at radius 1 is 1.07 bits per heavy atom. The van der Waals surface area contributed by atoms with Crippen LogP contribution in [0.5, 0.6) is 0 Å². The summed E-state index contributed by atoms with van der Waals surface area (Å²) in [6, 6.07) is 16.9. The standard InChI is InChI=1S/C22H21N3O3/c1-15-8-6-9-16-10-7-13-24(20(15)16)21(26)19-14-18(22(27)28-2)23-25(19)17-11-4-3-5-12-17/h3-6,8-9,11-12,14H,7,10,13H2,1-2H3. The minimum atomic E-state index is -0.570. The molecule has 0 saturated carbocycles. The van der Waals surface area contributed by atoms with Crippen LogP contribution in [0.2, 0.25) is 0 Å². The zero-order valence-electron chi connectivity index (χ0n) is 15.9. The predicted octanol–water partition coefficient (Wildman–Crippen LogP) is 3.56. The molecule has 0 aliphatic carbocycles. The lowest BCUT2D eigenvalue weighted by Gasteiger charge is -2.31. The summed E-state index contributed by atoms with van der Waals surface area (Å²) >= 11 is 0. The van der Waals surface area contributed by atoms with E-state index in [1.807, 2.05) is 49.4 Å². The number of esters is 1. The summed E-state index contributed by atoms with van der Waals surface area (Å²) in [6.07, 6.45) is 1.84. The Balaban J connectivity index is 1.83. The number of hydrogen-bond donors (Lipinski definition) is 0. The molecule has 1 amide bonds. The van der Waals surface area contributed by atoms with E-state index in [1.54, 1.807) is 4.90 Å². The SMILES string of the molecule is COC(=O)c1cc(C(=O)N2CCCc3cccc(C)c32)n(-c2ccccc2)n1. The smallest absolute Gasteiger partial charge is 0.358 e. The molecule has 1 aliphatic rings. The number of nitrogens with zero attached hydrogens (tertiary/aromatic N) is 3. The second-order valence-corrected chi connectivity index (χ2v) is 6.80. The number of anilines is 1. The van der Waals surface area contributed by atoms with Crippen molar-refractivity contribution >= 4 is 17.6 Å². The van der Waals surface area contributed by atoms with Crippen molar-refractivity contribution < 1.29 is 14.3 Å². The van der Waals surface area contributed by atoms with Crippen LogP contribution in [-0.4, -0.2) is 35.3 Å². The second-order valence-electron chi connectivity index (χ2n) is 6.80. The van der Waals surface area contributed by atoms with E-state index >= 15 is 0 Å². The number of hydrogen-bond acceptors (Lipinski definition) is 4. The van der Waals surface area contributed by atoms with E-state index in [1.165, 1.54) is 23.4 Å². The molecule has 6 nitrogen and oxygen atoms in total. The zero-order chi connectivity index (χ0) is 19.7. The van der Waals surface area contributed by atoms with Crippen LogP contribution in [0.1, 0.15) is 38.5 Å². The minimum Gasteiger partial charge on any atom is -0.464 e. The average molecular weight is 375 g/mol. The quantitative estimate of drug-likeness (QED) is 0.657. The van der Waals surface area contributed by atoms with Gasteiger partial charge in [-0.3, -0.25) is 4.79 Å². The molecule has 2 heterocycles. The Hall–Kier alpha value is -3.41. The molecule has 0 spiro atoms. The van der Waals surface area contributed by atoms with Crippen LogP contribution in [-0.2, 0) is 11.2 Å². The molecule has 0 atom stereocenters. The third-order valence-corrected chi connectivity index (χ3v) is 4.99. The predicted molar refractivity (Wildman–Crippen MR) is 106 cm³/mol. The molecule has 2 aromatic carbocycles. The highest BCUT2D eigenvalue weighted by molar-refractivity contribution is 6.07. The maximum atomic E-state index is 13.5. The van der Waals surface area contributed by atoms with Gasteiger partial charge in [-0.1, -0.05) is 36.4 Å². The van der Waals surface area contributed by atoms with Crippen LogP contribution in [0.15, 0.2) is 54.6 Å². The van der Waals surface area contributed by atoms with Gasteiger partial charge in [0.2, 0.25) is 0 Å². The van der Waals surface area contributed by atoms with Gasteiger partial charge in [0.1, 0.15) is 5.69 Å². The van der Waals surface area contributed by atoms with Gasteiger partial charge in [0.25, 0.3) is 5.91 Å². The number of rotatable bonds is 3. The van der Waals surface area contributed by atoms with Crippen LogP contribution < -0.4 is 4.90 Å². The highest BCUT2D eigenvalue weighted by atomic mass is 16.5. The van der Waals surface area contributed by atoms with Gasteiger partial charge in [0.15, 0.2) is 5.69 Å².